The SMILES string of the molecule is CN[C@H]1C[C@@H](N)[C@H](O)[C@@H](O[C@@H]2O[C@H](CO)[C@H](O)[C@@H]3OC4(OC([C@H](N)COP(=O)(O)O)[C@@H](O)[C@@H](O)C4O)O[C@H]23)[C@@H]1O. The van der Waals surface area contributed by atoms with E-state index in [4.69, 9.17) is 44.9 Å². The van der Waals surface area contributed by atoms with E-state index in [1.807, 2.05) is 0 Å². The van der Waals surface area contributed by atoms with Crippen molar-refractivity contribution in [3.05, 3.63) is 0 Å². The molecule has 3 unspecified atom stereocenters. The molecule has 19 nitrogen and oxygen atoms in total. The van der Waals surface area contributed by atoms with E-state index in [-0.39, 0.29) is 6.42 Å². The fourth-order valence-electron chi connectivity index (χ4n) is 5.40. The van der Waals surface area contributed by atoms with Crippen molar-refractivity contribution in [1.29, 1.82) is 0 Å². The maximum Gasteiger partial charge on any atom is 0.469 e. The molecule has 0 aromatic heterocycles. The van der Waals surface area contributed by atoms with E-state index < -0.39 is 119 Å². The van der Waals surface area contributed by atoms with Gasteiger partial charge in [-0.2, -0.15) is 0 Å². The van der Waals surface area contributed by atoms with Crippen molar-refractivity contribution in [2.45, 2.75) is 104 Å². The van der Waals surface area contributed by atoms with Crippen LogP contribution >= 0.6 is 7.82 Å². The first-order chi connectivity index (χ1) is 18.6. The van der Waals surface area contributed by atoms with Gasteiger partial charge in [-0.25, -0.2) is 4.57 Å². The second kappa shape index (κ2) is 12.2. The zero-order chi connectivity index (χ0) is 29.7. The van der Waals surface area contributed by atoms with Gasteiger partial charge in [0.15, 0.2) is 12.4 Å². The molecule has 1 aliphatic carbocycles. The number of rotatable bonds is 8. The van der Waals surface area contributed by atoms with Crippen molar-refractivity contribution in [3.63, 3.8) is 0 Å². The van der Waals surface area contributed by atoms with Crippen LogP contribution in [0.5, 0.6) is 0 Å². The molecule has 0 radical (unpaired) electrons. The van der Waals surface area contributed by atoms with Crippen LogP contribution < -0.4 is 16.8 Å². The Morgan fingerprint density at radius 1 is 1.00 bits per heavy atom. The summed E-state index contributed by atoms with van der Waals surface area (Å²) in [4.78, 5) is 17.9. The lowest BCUT2D eigenvalue weighted by Gasteiger charge is -2.46. The first kappa shape index (κ1) is 32.4. The molecule has 4 rings (SSSR count). The van der Waals surface area contributed by atoms with E-state index in [2.05, 4.69) is 9.84 Å². The molecule has 3 saturated heterocycles. The number of nitrogens with one attached hydrogen (secondary N) is 1. The van der Waals surface area contributed by atoms with Crippen molar-refractivity contribution >= 4 is 7.82 Å². The summed E-state index contributed by atoms with van der Waals surface area (Å²) in [6.45, 7) is -1.60. The van der Waals surface area contributed by atoms with Gasteiger partial charge in [0.2, 0.25) is 0 Å². The lowest BCUT2D eigenvalue weighted by molar-refractivity contribution is -0.439. The van der Waals surface area contributed by atoms with Crippen LogP contribution in [0.25, 0.3) is 0 Å². The van der Waals surface area contributed by atoms with Crippen molar-refractivity contribution in [3.8, 4) is 0 Å². The van der Waals surface area contributed by atoms with E-state index in [1.165, 1.54) is 0 Å². The first-order valence-electron chi connectivity index (χ1n) is 12.6. The lowest BCUT2D eigenvalue weighted by atomic mass is 9.84. The second-order valence-corrected chi connectivity index (χ2v) is 11.6. The Kier molecular flexibility index (Phi) is 9.93. The van der Waals surface area contributed by atoms with E-state index in [1.54, 1.807) is 7.05 Å². The summed E-state index contributed by atoms with van der Waals surface area (Å²) in [6.07, 6.45) is -19.1. The molecule has 14 N–H and O–H groups in total. The molecular weight excluding hydrogens is 569 g/mol. The highest BCUT2D eigenvalue weighted by Crippen LogP contribution is 2.46. The number of hydrogen-bond donors (Lipinski definition) is 12. The summed E-state index contributed by atoms with van der Waals surface area (Å²) >= 11 is 0. The average molecular weight is 608 g/mol. The van der Waals surface area contributed by atoms with Crippen LogP contribution in [0.1, 0.15) is 6.42 Å². The summed E-state index contributed by atoms with van der Waals surface area (Å²) in [7, 11) is -3.40. The molecule has 40 heavy (non-hydrogen) atoms. The van der Waals surface area contributed by atoms with Crippen molar-refractivity contribution in [2.75, 3.05) is 20.3 Å². The van der Waals surface area contributed by atoms with Crippen LogP contribution in [-0.2, 0) is 32.8 Å². The summed E-state index contributed by atoms with van der Waals surface area (Å²) in [5, 5.41) is 76.7. The zero-order valence-electron chi connectivity index (χ0n) is 21.3. The van der Waals surface area contributed by atoms with Crippen molar-refractivity contribution in [2.24, 2.45) is 11.5 Å². The van der Waals surface area contributed by atoms with E-state index in [0.717, 1.165) is 0 Å². The predicted octanol–water partition coefficient (Wildman–Crippen LogP) is -7.15. The van der Waals surface area contributed by atoms with Gasteiger partial charge in [0.05, 0.1) is 31.5 Å². The fraction of sp³-hybridized carbons (Fsp3) is 1.00. The van der Waals surface area contributed by atoms with Gasteiger partial charge in [0, 0.05) is 12.1 Å². The smallest absolute Gasteiger partial charge is 0.394 e. The van der Waals surface area contributed by atoms with Gasteiger partial charge >= 0.3 is 13.8 Å². The van der Waals surface area contributed by atoms with Gasteiger partial charge in [-0.1, -0.05) is 0 Å². The molecule has 0 amide bonds. The minimum atomic E-state index is -4.97. The van der Waals surface area contributed by atoms with Gasteiger partial charge in [-0.3, -0.25) is 4.52 Å². The van der Waals surface area contributed by atoms with Crippen molar-refractivity contribution in [1.82, 2.24) is 5.32 Å². The average Bonchev–Trinajstić information content (AvgIpc) is 3.30. The Bertz CT molecular complexity index is 919. The highest BCUT2D eigenvalue weighted by Gasteiger charge is 2.67. The molecule has 0 aromatic rings. The highest BCUT2D eigenvalue weighted by molar-refractivity contribution is 7.46. The molecule has 1 saturated carbocycles. The maximum absolute atomic E-state index is 11.1. The maximum atomic E-state index is 11.1. The predicted molar refractivity (Wildman–Crippen MR) is 125 cm³/mol. The Hall–Kier alpha value is -0.490. The largest absolute Gasteiger partial charge is 0.469 e. The Balaban J connectivity index is 1.60. The summed E-state index contributed by atoms with van der Waals surface area (Å²) < 4.78 is 44.1. The molecule has 3 heterocycles. The number of likely N-dealkylation sites (N-methyl/N-ethyl adjacent to an activating group) is 1. The summed E-state index contributed by atoms with van der Waals surface area (Å²) in [5.74, 6) is -2.64. The quantitative estimate of drug-likeness (QED) is 0.114. The normalized spacial score (nSPS) is 50.6. The molecule has 4 fully saturated rings. The molecule has 16 atom stereocenters. The second-order valence-electron chi connectivity index (χ2n) is 10.3. The molecule has 20 heteroatoms. The molecule has 234 valence electrons. The third-order valence-electron chi connectivity index (χ3n) is 7.64. The minimum Gasteiger partial charge on any atom is -0.394 e. The standard InChI is InChI=1S/C20H38N3O16P/c1-23-7-2-5(21)9(25)15(10(7)26)36-19-17-16(11(27)8(3-24)35-19)38-20(39-17)18(30)13(29)12(28)14(37-20)6(22)4-34-40(31,32)33/h5-19,23-30H,2-4,21-22H2,1H3,(H2,31,32,33)/t5-,6-,7+,8-,9+,10-,11+,12+,13-,14?,15-,16+,17+,18?,19+,20?/m1/s1. The topological polar surface area (TPSA) is 319 Å². The zero-order valence-corrected chi connectivity index (χ0v) is 22.2. The number of aliphatic hydroxyl groups excluding tert-OH is 7. The van der Waals surface area contributed by atoms with Gasteiger partial charge in [0.1, 0.15) is 48.8 Å². The fourth-order valence-corrected chi connectivity index (χ4v) is 5.77. The number of phosphoric ester groups is 1. The van der Waals surface area contributed by atoms with Crippen LogP contribution in [0.15, 0.2) is 0 Å². The van der Waals surface area contributed by atoms with Gasteiger partial charge in [-0.05, 0) is 13.5 Å². The molecule has 4 aliphatic rings. The Labute approximate surface area is 227 Å². The third-order valence-corrected chi connectivity index (χ3v) is 8.13. The van der Waals surface area contributed by atoms with E-state index >= 15 is 0 Å². The molecule has 3 aliphatic heterocycles. The van der Waals surface area contributed by atoms with Gasteiger partial charge < -0.3 is 86.0 Å². The molecule has 0 aromatic carbocycles. The lowest BCUT2D eigenvalue weighted by Crippen LogP contribution is -2.69. The van der Waals surface area contributed by atoms with Crippen LogP contribution in [0.2, 0.25) is 0 Å². The van der Waals surface area contributed by atoms with Crippen LogP contribution in [-0.4, -0.2) is 163 Å². The summed E-state index contributed by atoms with van der Waals surface area (Å²) in [6, 6.07) is -2.89. The van der Waals surface area contributed by atoms with E-state index in [0.29, 0.717) is 0 Å². The minimum absolute atomic E-state index is 0.213. The molecule has 0 bridgehead atoms. The number of hydrogen-bond acceptors (Lipinski definition) is 17. The highest BCUT2D eigenvalue weighted by atomic mass is 31.2. The van der Waals surface area contributed by atoms with Gasteiger partial charge in [0.25, 0.3) is 0 Å². The third kappa shape index (κ3) is 6.10. The van der Waals surface area contributed by atoms with Crippen LogP contribution in [0, 0.1) is 0 Å². The molecular formula is C20H38N3O16P. The number of ether oxygens (including phenoxy) is 5. The number of phosphoric acid groups is 1. The van der Waals surface area contributed by atoms with Crippen LogP contribution in [0.3, 0.4) is 0 Å². The summed E-state index contributed by atoms with van der Waals surface area (Å²) in [5.41, 5.74) is 11.9. The van der Waals surface area contributed by atoms with Crippen molar-refractivity contribution < 1.29 is 78.3 Å². The number of nitrogens with two attached hydrogens (primary N) is 2. The first-order valence-corrected chi connectivity index (χ1v) is 14.1. The van der Waals surface area contributed by atoms with Gasteiger partial charge in [-0.15, -0.1) is 0 Å². The Morgan fingerprint density at radius 2 is 1.65 bits per heavy atom. The monoisotopic (exact) mass is 607 g/mol. The van der Waals surface area contributed by atoms with Crippen LogP contribution in [0.4, 0.5) is 0 Å². The molecule has 1 spiro atoms. The van der Waals surface area contributed by atoms with E-state index in [9.17, 15) is 40.3 Å². The number of aliphatic hydroxyl groups is 7. The number of fused-ring (bicyclic) bond motifs is 1. The Morgan fingerprint density at radius 3 is 2.25 bits per heavy atom.